The lowest BCUT2D eigenvalue weighted by atomic mass is 10.2. The molecule has 21 heavy (non-hydrogen) atoms. The van der Waals surface area contributed by atoms with Gasteiger partial charge in [-0.15, -0.1) is 0 Å². The average Bonchev–Trinajstić information content (AvgIpc) is 2.47. The number of hydrazone groups is 1. The Morgan fingerprint density at radius 3 is 2.29 bits per heavy atom. The highest BCUT2D eigenvalue weighted by atomic mass is 35.5. The highest BCUT2D eigenvalue weighted by Gasteiger charge is 2.08. The van der Waals surface area contributed by atoms with Crippen LogP contribution in [0.5, 0.6) is 5.75 Å². The van der Waals surface area contributed by atoms with Crippen LogP contribution in [0.4, 0.5) is 0 Å². The molecule has 0 aliphatic heterocycles. The second-order valence-electron chi connectivity index (χ2n) is 4.56. The Kier molecular flexibility index (Phi) is 4.95. The zero-order valence-corrected chi connectivity index (χ0v) is 12.5. The number of halogens is 1. The van der Waals surface area contributed by atoms with E-state index in [1.165, 1.54) is 0 Å². The number of benzene rings is 2. The van der Waals surface area contributed by atoms with Gasteiger partial charge in [0.2, 0.25) is 0 Å². The summed E-state index contributed by atoms with van der Waals surface area (Å²) in [7, 11) is 3.69. The Labute approximate surface area is 128 Å². The molecule has 0 bridgehead atoms. The van der Waals surface area contributed by atoms with E-state index < -0.39 is 5.97 Å². The Hall–Kier alpha value is -2.33. The largest absolute Gasteiger partial charge is 0.423 e. The SMILES string of the molecule is CN(C)N=Cc1ccc(OC(=O)c2ccc(Cl)cc2)cc1. The fourth-order valence-electron chi connectivity index (χ4n) is 1.56. The van der Waals surface area contributed by atoms with Crippen LogP contribution in [0.3, 0.4) is 0 Å². The van der Waals surface area contributed by atoms with Gasteiger partial charge in [0.1, 0.15) is 5.75 Å². The maximum absolute atomic E-state index is 11.9. The molecule has 0 N–H and O–H groups in total. The van der Waals surface area contributed by atoms with Crippen molar-refractivity contribution in [2.24, 2.45) is 5.10 Å². The number of carbonyl (C=O) groups excluding carboxylic acids is 1. The van der Waals surface area contributed by atoms with Crippen LogP contribution in [-0.4, -0.2) is 31.3 Å². The van der Waals surface area contributed by atoms with Crippen LogP contribution < -0.4 is 4.74 Å². The summed E-state index contributed by atoms with van der Waals surface area (Å²) >= 11 is 5.78. The van der Waals surface area contributed by atoms with E-state index in [2.05, 4.69) is 5.10 Å². The highest BCUT2D eigenvalue weighted by Crippen LogP contribution is 2.15. The van der Waals surface area contributed by atoms with Gasteiger partial charge in [0, 0.05) is 19.1 Å². The zero-order chi connectivity index (χ0) is 15.2. The molecule has 0 atom stereocenters. The van der Waals surface area contributed by atoms with Crippen molar-refractivity contribution in [1.82, 2.24) is 5.01 Å². The van der Waals surface area contributed by atoms with Gasteiger partial charge < -0.3 is 9.75 Å². The summed E-state index contributed by atoms with van der Waals surface area (Å²) in [5.41, 5.74) is 1.38. The molecule has 2 aromatic rings. The number of hydrogen-bond acceptors (Lipinski definition) is 4. The van der Waals surface area contributed by atoms with E-state index in [1.807, 2.05) is 26.2 Å². The number of rotatable bonds is 4. The Morgan fingerprint density at radius 2 is 1.71 bits per heavy atom. The second kappa shape index (κ2) is 6.90. The van der Waals surface area contributed by atoms with Crippen LogP contribution in [0.15, 0.2) is 53.6 Å². The van der Waals surface area contributed by atoms with Crippen molar-refractivity contribution in [2.75, 3.05) is 14.1 Å². The van der Waals surface area contributed by atoms with Crippen LogP contribution in [0.1, 0.15) is 15.9 Å². The molecule has 0 fully saturated rings. The zero-order valence-electron chi connectivity index (χ0n) is 11.8. The Morgan fingerprint density at radius 1 is 1.10 bits per heavy atom. The van der Waals surface area contributed by atoms with Gasteiger partial charge in [-0.05, 0) is 54.1 Å². The van der Waals surface area contributed by atoms with E-state index in [0.717, 1.165) is 5.56 Å². The molecule has 0 radical (unpaired) electrons. The molecule has 5 heteroatoms. The highest BCUT2D eigenvalue weighted by molar-refractivity contribution is 6.30. The normalized spacial score (nSPS) is 10.6. The minimum absolute atomic E-state index is 0.415. The van der Waals surface area contributed by atoms with Crippen molar-refractivity contribution in [3.05, 3.63) is 64.7 Å². The summed E-state index contributed by atoms with van der Waals surface area (Å²) in [6, 6.07) is 13.7. The summed E-state index contributed by atoms with van der Waals surface area (Å²) in [6.45, 7) is 0. The molecule has 0 spiro atoms. The number of esters is 1. The number of nitrogens with zero attached hydrogens (tertiary/aromatic N) is 2. The number of ether oxygens (including phenoxy) is 1. The third-order valence-electron chi connectivity index (χ3n) is 2.61. The first-order chi connectivity index (χ1) is 10.0. The van der Waals surface area contributed by atoms with Gasteiger partial charge >= 0.3 is 5.97 Å². The van der Waals surface area contributed by atoms with Gasteiger partial charge in [0.05, 0.1) is 11.8 Å². The molecule has 0 aliphatic rings. The van der Waals surface area contributed by atoms with Gasteiger partial charge in [-0.1, -0.05) is 11.6 Å². The molecule has 0 saturated carbocycles. The van der Waals surface area contributed by atoms with Crippen molar-refractivity contribution in [3.8, 4) is 5.75 Å². The molecule has 0 saturated heterocycles. The molecule has 0 amide bonds. The van der Waals surface area contributed by atoms with E-state index in [4.69, 9.17) is 16.3 Å². The van der Waals surface area contributed by atoms with Crippen molar-refractivity contribution >= 4 is 23.8 Å². The molecular weight excluding hydrogens is 288 g/mol. The van der Waals surface area contributed by atoms with Gasteiger partial charge in [-0.2, -0.15) is 5.10 Å². The summed E-state index contributed by atoms with van der Waals surface area (Å²) in [5.74, 6) is 0.0679. The van der Waals surface area contributed by atoms with Gasteiger partial charge in [-0.3, -0.25) is 0 Å². The average molecular weight is 303 g/mol. The van der Waals surface area contributed by atoms with Crippen molar-refractivity contribution < 1.29 is 9.53 Å². The maximum atomic E-state index is 11.9. The first-order valence-corrected chi connectivity index (χ1v) is 6.71. The molecule has 0 heterocycles. The van der Waals surface area contributed by atoms with Crippen molar-refractivity contribution in [3.63, 3.8) is 0 Å². The van der Waals surface area contributed by atoms with Crippen LogP contribution in [-0.2, 0) is 0 Å². The second-order valence-corrected chi connectivity index (χ2v) is 4.99. The molecule has 2 aromatic carbocycles. The third kappa shape index (κ3) is 4.61. The molecule has 0 aliphatic carbocycles. The monoisotopic (exact) mass is 302 g/mol. The Bertz CT molecular complexity index is 634. The summed E-state index contributed by atoms with van der Waals surface area (Å²) in [6.07, 6.45) is 1.73. The minimum Gasteiger partial charge on any atom is -0.423 e. The van der Waals surface area contributed by atoms with E-state index in [0.29, 0.717) is 16.3 Å². The lowest BCUT2D eigenvalue weighted by Gasteiger charge is -2.05. The van der Waals surface area contributed by atoms with Crippen LogP contribution in [0.2, 0.25) is 5.02 Å². The lowest BCUT2D eigenvalue weighted by Crippen LogP contribution is -2.08. The van der Waals surface area contributed by atoms with Crippen molar-refractivity contribution in [2.45, 2.75) is 0 Å². The van der Waals surface area contributed by atoms with Crippen LogP contribution in [0, 0.1) is 0 Å². The summed E-state index contributed by atoms with van der Waals surface area (Å²) in [4.78, 5) is 11.9. The standard InChI is InChI=1S/C16H15ClN2O2/c1-19(2)18-11-12-3-9-15(10-4-12)21-16(20)13-5-7-14(17)8-6-13/h3-11H,1-2H3. The predicted molar refractivity (Wildman–Crippen MR) is 84.1 cm³/mol. The van der Waals surface area contributed by atoms with Gasteiger partial charge in [0.25, 0.3) is 0 Å². The molecule has 108 valence electrons. The molecule has 4 nitrogen and oxygen atoms in total. The fraction of sp³-hybridized carbons (Fsp3) is 0.125. The predicted octanol–water partition coefficient (Wildman–Crippen LogP) is 3.45. The van der Waals surface area contributed by atoms with Gasteiger partial charge in [-0.25, -0.2) is 4.79 Å². The molecule has 0 aromatic heterocycles. The third-order valence-corrected chi connectivity index (χ3v) is 2.86. The fourth-order valence-corrected chi connectivity index (χ4v) is 1.68. The lowest BCUT2D eigenvalue weighted by molar-refractivity contribution is 0.0735. The van der Waals surface area contributed by atoms with Crippen LogP contribution in [0.25, 0.3) is 0 Å². The number of hydrogen-bond donors (Lipinski definition) is 0. The molecule has 2 rings (SSSR count). The van der Waals surface area contributed by atoms with Crippen LogP contribution >= 0.6 is 11.6 Å². The van der Waals surface area contributed by atoms with Crippen molar-refractivity contribution in [1.29, 1.82) is 0 Å². The number of carbonyl (C=O) groups is 1. The topological polar surface area (TPSA) is 41.9 Å². The van der Waals surface area contributed by atoms with E-state index in [9.17, 15) is 4.79 Å². The summed E-state index contributed by atoms with van der Waals surface area (Å²) in [5, 5.41) is 6.41. The molecular formula is C16H15ClN2O2. The maximum Gasteiger partial charge on any atom is 0.343 e. The van der Waals surface area contributed by atoms with E-state index in [1.54, 1.807) is 47.6 Å². The van der Waals surface area contributed by atoms with Gasteiger partial charge in [0.15, 0.2) is 0 Å². The molecule has 0 unspecified atom stereocenters. The Balaban J connectivity index is 2.03. The first kappa shape index (κ1) is 15.1. The first-order valence-electron chi connectivity index (χ1n) is 6.34. The quantitative estimate of drug-likeness (QED) is 0.376. The minimum atomic E-state index is -0.415. The van der Waals surface area contributed by atoms with E-state index in [-0.39, 0.29) is 0 Å². The van der Waals surface area contributed by atoms with E-state index >= 15 is 0 Å². The smallest absolute Gasteiger partial charge is 0.343 e. The summed E-state index contributed by atoms with van der Waals surface area (Å²) < 4.78 is 5.28.